The van der Waals surface area contributed by atoms with Gasteiger partial charge in [0.2, 0.25) is 0 Å². The van der Waals surface area contributed by atoms with Crippen LogP contribution in [0.5, 0.6) is 0 Å². The van der Waals surface area contributed by atoms with Crippen LogP contribution in [0.1, 0.15) is 46.0 Å². The molecule has 22 heavy (non-hydrogen) atoms. The number of ether oxygens (including phenoxy) is 1. The Morgan fingerprint density at radius 2 is 1.55 bits per heavy atom. The van der Waals surface area contributed by atoms with Crippen molar-refractivity contribution in [3.05, 3.63) is 0 Å². The van der Waals surface area contributed by atoms with Crippen molar-refractivity contribution in [2.75, 3.05) is 0 Å². The quantitative estimate of drug-likeness (QED) is 0.628. The van der Waals surface area contributed by atoms with E-state index in [1.807, 2.05) is 0 Å². The fourth-order valence-electron chi connectivity index (χ4n) is 2.62. The Labute approximate surface area is 123 Å². The Bertz CT molecular complexity index is 395. The van der Waals surface area contributed by atoms with E-state index in [1.165, 1.54) is 6.92 Å². The Morgan fingerprint density at radius 3 is 1.86 bits per heavy atom. The molecule has 0 aromatic rings. The standard InChI is InChI=1S/C13H18F6O3/c1-3-8(2)9(20)22-10(6-4-5-7-10)11(21,12(14,15)16)13(17,18)19/h8,21H,3-7H2,1-2H3/t8-/m0/s1. The Morgan fingerprint density at radius 1 is 1.14 bits per heavy atom. The predicted octanol–water partition coefficient (Wildman–Crippen LogP) is 3.74. The summed E-state index contributed by atoms with van der Waals surface area (Å²) in [5, 5.41) is 9.61. The van der Waals surface area contributed by atoms with Crippen molar-refractivity contribution in [3.63, 3.8) is 0 Å². The van der Waals surface area contributed by atoms with Gasteiger partial charge in [-0.05, 0) is 32.1 Å². The highest BCUT2D eigenvalue weighted by atomic mass is 19.4. The van der Waals surface area contributed by atoms with Gasteiger partial charge in [0.1, 0.15) is 0 Å². The minimum Gasteiger partial charge on any atom is -0.455 e. The summed E-state index contributed by atoms with van der Waals surface area (Å²) in [6, 6.07) is 0. The lowest BCUT2D eigenvalue weighted by Crippen LogP contribution is -2.71. The molecule has 0 amide bonds. The molecular formula is C13H18F6O3. The summed E-state index contributed by atoms with van der Waals surface area (Å²) in [5.41, 5.74) is -8.10. The molecule has 0 aromatic heterocycles. The summed E-state index contributed by atoms with van der Waals surface area (Å²) in [6.07, 6.45) is -13.2. The van der Waals surface area contributed by atoms with Gasteiger partial charge in [0, 0.05) is 0 Å². The summed E-state index contributed by atoms with van der Waals surface area (Å²) in [6.45, 7) is 2.89. The van der Waals surface area contributed by atoms with E-state index >= 15 is 0 Å². The molecule has 0 radical (unpaired) electrons. The molecule has 1 aliphatic carbocycles. The van der Waals surface area contributed by atoms with Crippen LogP contribution in [0.15, 0.2) is 0 Å². The van der Waals surface area contributed by atoms with Crippen molar-refractivity contribution in [3.8, 4) is 0 Å². The maximum atomic E-state index is 13.1. The number of aliphatic hydroxyl groups is 1. The first-order valence-corrected chi connectivity index (χ1v) is 6.91. The first-order chi connectivity index (χ1) is 9.82. The molecule has 1 fully saturated rings. The number of hydrogen-bond donors (Lipinski definition) is 1. The molecule has 0 unspecified atom stereocenters. The van der Waals surface area contributed by atoms with Crippen LogP contribution in [-0.2, 0) is 9.53 Å². The largest absolute Gasteiger partial charge is 0.455 e. The minimum absolute atomic E-state index is 0.00224. The molecule has 9 heteroatoms. The number of rotatable bonds is 4. The summed E-state index contributed by atoms with van der Waals surface area (Å²) < 4.78 is 83.1. The molecule has 130 valence electrons. The smallest absolute Gasteiger partial charge is 0.430 e. The van der Waals surface area contributed by atoms with Crippen molar-refractivity contribution >= 4 is 5.97 Å². The van der Waals surface area contributed by atoms with Crippen LogP contribution in [-0.4, -0.2) is 34.6 Å². The van der Waals surface area contributed by atoms with Crippen molar-refractivity contribution in [1.82, 2.24) is 0 Å². The maximum Gasteiger partial charge on any atom is 0.430 e. The van der Waals surface area contributed by atoms with E-state index in [0.29, 0.717) is 0 Å². The Hall–Kier alpha value is -0.990. The van der Waals surface area contributed by atoms with E-state index in [1.54, 1.807) is 6.92 Å². The number of esters is 1. The van der Waals surface area contributed by atoms with Crippen LogP contribution in [0.4, 0.5) is 26.3 Å². The lowest BCUT2D eigenvalue weighted by molar-refractivity contribution is -0.412. The molecule has 3 nitrogen and oxygen atoms in total. The highest BCUT2D eigenvalue weighted by Gasteiger charge is 2.81. The molecule has 0 saturated heterocycles. The second-order valence-electron chi connectivity index (χ2n) is 5.64. The van der Waals surface area contributed by atoms with Gasteiger partial charge in [0.15, 0.2) is 5.60 Å². The predicted molar refractivity (Wildman–Crippen MR) is 63.8 cm³/mol. The van der Waals surface area contributed by atoms with Crippen molar-refractivity contribution in [2.24, 2.45) is 5.92 Å². The van der Waals surface area contributed by atoms with Gasteiger partial charge in [-0.15, -0.1) is 0 Å². The van der Waals surface area contributed by atoms with Crippen molar-refractivity contribution in [2.45, 2.75) is 69.5 Å². The van der Waals surface area contributed by atoms with Crippen LogP contribution >= 0.6 is 0 Å². The Balaban J connectivity index is 3.35. The first kappa shape index (κ1) is 19.1. The molecule has 1 atom stereocenters. The molecule has 0 aliphatic heterocycles. The van der Waals surface area contributed by atoms with Gasteiger partial charge in [-0.1, -0.05) is 13.8 Å². The zero-order valence-corrected chi connectivity index (χ0v) is 12.1. The third-order valence-corrected chi connectivity index (χ3v) is 4.20. The minimum atomic E-state index is -6.01. The number of hydrogen-bond acceptors (Lipinski definition) is 3. The van der Waals surface area contributed by atoms with Gasteiger partial charge >= 0.3 is 18.3 Å². The van der Waals surface area contributed by atoms with E-state index in [-0.39, 0.29) is 19.3 Å². The van der Waals surface area contributed by atoms with Gasteiger partial charge in [-0.3, -0.25) is 4.79 Å². The van der Waals surface area contributed by atoms with E-state index < -0.39 is 48.3 Å². The normalized spacial score (nSPS) is 20.8. The molecule has 0 aromatic carbocycles. The molecule has 1 saturated carbocycles. The molecule has 1 rings (SSSR count). The average molecular weight is 336 g/mol. The second-order valence-corrected chi connectivity index (χ2v) is 5.64. The monoisotopic (exact) mass is 336 g/mol. The summed E-state index contributed by atoms with van der Waals surface area (Å²) in [7, 11) is 0. The van der Waals surface area contributed by atoms with Gasteiger partial charge in [-0.25, -0.2) is 0 Å². The lowest BCUT2D eigenvalue weighted by atomic mass is 9.79. The van der Waals surface area contributed by atoms with Gasteiger partial charge in [0.05, 0.1) is 5.92 Å². The second kappa shape index (κ2) is 5.90. The van der Waals surface area contributed by atoms with Crippen LogP contribution in [0.25, 0.3) is 0 Å². The SMILES string of the molecule is CC[C@H](C)C(=O)OC1(C(O)(C(F)(F)F)C(F)(F)F)CCCC1. The number of carbonyl (C=O) groups excluding carboxylic acids is 1. The topological polar surface area (TPSA) is 46.5 Å². The van der Waals surface area contributed by atoms with E-state index in [9.17, 15) is 36.2 Å². The van der Waals surface area contributed by atoms with Crippen LogP contribution in [0.3, 0.4) is 0 Å². The molecule has 0 spiro atoms. The molecule has 0 heterocycles. The van der Waals surface area contributed by atoms with Gasteiger partial charge in [-0.2, -0.15) is 26.3 Å². The van der Waals surface area contributed by atoms with E-state index in [4.69, 9.17) is 0 Å². The summed E-state index contributed by atoms with van der Waals surface area (Å²) >= 11 is 0. The van der Waals surface area contributed by atoms with Crippen molar-refractivity contribution < 1.29 is 41.0 Å². The zero-order chi connectivity index (χ0) is 17.4. The van der Waals surface area contributed by atoms with Crippen LogP contribution in [0.2, 0.25) is 0 Å². The highest BCUT2D eigenvalue weighted by molar-refractivity contribution is 5.72. The van der Waals surface area contributed by atoms with Gasteiger partial charge in [0.25, 0.3) is 5.60 Å². The molecule has 0 bridgehead atoms. The number of alkyl halides is 6. The molecule has 1 N–H and O–H groups in total. The lowest BCUT2D eigenvalue weighted by Gasteiger charge is -2.45. The molecule has 1 aliphatic rings. The van der Waals surface area contributed by atoms with E-state index in [0.717, 1.165) is 0 Å². The van der Waals surface area contributed by atoms with Crippen molar-refractivity contribution in [1.29, 1.82) is 0 Å². The van der Waals surface area contributed by atoms with E-state index in [2.05, 4.69) is 4.74 Å². The fourth-order valence-corrected chi connectivity index (χ4v) is 2.62. The average Bonchev–Trinajstić information content (AvgIpc) is 2.83. The van der Waals surface area contributed by atoms with Gasteiger partial charge < -0.3 is 9.84 Å². The summed E-state index contributed by atoms with van der Waals surface area (Å²) in [5.74, 6) is -2.03. The Kier molecular flexibility index (Phi) is 5.11. The zero-order valence-electron chi connectivity index (χ0n) is 12.1. The van der Waals surface area contributed by atoms with Crippen LogP contribution < -0.4 is 0 Å². The summed E-state index contributed by atoms with van der Waals surface area (Å²) in [4.78, 5) is 11.8. The number of halogens is 6. The number of carbonyl (C=O) groups is 1. The molecular weight excluding hydrogens is 318 g/mol. The third kappa shape index (κ3) is 2.91. The third-order valence-electron chi connectivity index (χ3n) is 4.20. The highest BCUT2D eigenvalue weighted by Crippen LogP contribution is 2.56. The maximum absolute atomic E-state index is 13.1. The fraction of sp³-hybridized carbons (Fsp3) is 0.923. The van der Waals surface area contributed by atoms with Crippen LogP contribution in [0, 0.1) is 5.92 Å². The first-order valence-electron chi connectivity index (χ1n) is 6.91.